The Hall–Kier alpha value is -2.30. The molecule has 0 unspecified atom stereocenters. The molecule has 0 saturated heterocycles. The minimum Gasteiger partial charge on any atom is -0.484 e. The Morgan fingerprint density at radius 1 is 1.35 bits per heavy atom. The first-order valence-electron chi connectivity index (χ1n) is 6.59. The first kappa shape index (κ1) is 14.1. The predicted octanol–water partition coefficient (Wildman–Crippen LogP) is 1.47. The lowest BCUT2D eigenvalue weighted by molar-refractivity contribution is -0.123. The summed E-state index contributed by atoms with van der Waals surface area (Å²) in [5.74, 6) is 0.574. The highest BCUT2D eigenvalue weighted by atomic mass is 16.5. The van der Waals surface area contributed by atoms with Gasteiger partial charge in [0.1, 0.15) is 5.75 Å². The van der Waals surface area contributed by atoms with Gasteiger partial charge in [0.05, 0.1) is 5.69 Å². The Labute approximate surface area is 118 Å². The van der Waals surface area contributed by atoms with Gasteiger partial charge in [0, 0.05) is 25.7 Å². The maximum Gasteiger partial charge on any atom is 0.257 e. The van der Waals surface area contributed by atoms with E-state index >= 15 is 0 Å². The molecule has 106 valence electrons. The second kappa shape index (κ2) is 6.75. The van der Waals surface area contributed by atoms with E-state index in [1.54, 1.807) is 0 Å². The number of hydrogen-bond acceptors (Lipinski definition) is 3. The molecule has 1 amide bonds. The zero-order valence-corrected chi connectivity index (χ0v) is 11.8. The quantitative estimate of drug-likeness (QED) is 0.867. The number of nitrogens with one attached hydrogen (secondary N) is 1. The lowest BCUT2D eigenvalue weighted by Gasteiger charge is -2.06. The Balaban J connectivity index is 1.68. The van der Waals surface area contributed by atoms with E-state index in [-0.39, 0.29) is 12.5 Å². The summed E-state index contributed by atoms with van der Waals surface area (Å²) in [4.78, 5) is 11.6. The van der Waals surface area contributed by atoms with Crippen LogP contribution in [-0.2, 0) is 18.3 Å². The highest BCUT2D eigenvalue weighted by Crippen LogP contribution is 2.07. The molecule has 1 aromatic carbocycles. The summed E-state index contributed by atoms with van der Waals surface area (Å²) in [6.07, 6.45) is 0.721. The molecule has 2 aromatic rings. The molecule has 0 saturated carbocycles. The first-order valence-corrected chi connectivity index (χ1v) is 6.59. The van der Waals surface area contributed by atoms with Crippen molar-refractivity contribution in [3.8, 4) is 5.75 Å². The van der Waals surface area contributed by atoms with Crippen molar-refractivity contribution in [2.75, 3.05) is 13.2 Å². The van der Waals surface area contributed by atoms with Gasteiger partial charge in [0.15, 0.2) is 6.61 Å². The lowest BCUT2D eigenvalue weighted by atomic mass is 10.3. The number of aromatic nitrogens is 2. The number of ether oxygens (including phenoxy) is 1. The van der Waals surface area contributed by atoms with Crippen LogP contribution < -0.4 is 10.1 Å². The number of rotatable bonds is 6. The normalized spacial score (nSPS) is 10.3. The lowest BCUT2D eigenvalue weighted by Crippen LogP contribution is -2.30. The largest absolute Gasteiger partial charge is 0.484 e. The highest BCUT2D eigenvalue weighted by molar-refractivity contribution is 5.77. The number of benzene rings is 1. The van der Waals surface area contributed by atoms with E-state index in [0.717, 1.165) is 17.8 Å². The van der Waals surface area contributed by atoms with Gasteiger partial charge in [-0.2, -0.15) is 5.10 Å². The zero-order valence-electron chi connectivity index (χ0n) is 11.8. The summed E-state index contributed by atoms with van der Waals surface area (Å²) < 4.78 is 7.19. The minimum atomic E-state index is -0.124. The van der Waals surface area contributed by atoms with Gasteiger partial charge in [-0.1, -0.05) is 18.2 Å². The van der Waals surface area contributed by atoms with E-state index in [9.17, 15) is 4.79 Å². The van der Waals surface area contributed by atoms with Crippen LogP contribution in [0.4, 0.5) is 0 Å². The van der Waals surface area contributed by atoms with E-state index in [1.165, 1.54) is 0 Å². The monoisotopic (exact) mass is 273 g/mol. The van der Waals surface area contributed by atoms with Crippen molar-refractivity contribution in [3.05, 3.63) is 47.8 Å². The molecular formula is C15H19N3O2. The van der Waals surface area contributed by atoms with E-state index in [0.29, 0.717) is 12.3 Å². The summed E-state index contributed by atoms with van der Waals surface area (Å²) in [7, 11) is 1.91. The smallest absolute Gasteiger partial charge is 0.257 e. The highest BCUT2D eigenvalue weighted by Gasteiger charge is 2.04. The first-order chi connectivity index (χ1) is 9.65. The molecule has 1 aromatic heterocycles. The summed E-state index contributed by atoms with van der Waals surface area (Å²) in [5.41, 5.74) is 2.09. The van der Waals surface area contributed by atoms with Crippen LogP contribution in [0.2, 0.25) is 0 Å². The third-order valence-corrected chi connectivity index (χ3v) is 2.98. The van der Waals surface area contributed by atoms with Crippen LogP contribution in [0.5, 0.6) is 5.75 Å². The molecule has 1 N–H and O–H groups in total. The molecule has 0 fully saturated rings. The van der Waals surface area contributed by atoms with Crippen LogP contribution in [0, 0.1) is 6.92 Å². The fourth-order valence-corrected chi connectivity index (χ4v) is 1.80. The molecule has 0 radical (unpaired) electrons. The minimum absolute atomic E-state index is 0.0330. The van der Waals surface area contributed by atoms with Crippen molar-refractivity contribution in [2.45, 2.75) is 13.3 Å². The van der Waals surface area contributed by atoms with Gasteiger partial charge >= 0.3 is 0 Å². The van der Waals surface area contributed by atoms with Crippen molar-refractivity contribution in [1.29, 1.82) is 0 Å². The molecular weight excluding hydrogens is 254 g/mol. The van der Waals surface area contributed by atoms with Crippen LogP contribution in [0.3, 0.4) is 0 Å². The number of hydrogen-bond donors (Lipinski definition) is 1. The maximum absolute atomic E-state index is 11.6. The SMILES string of the molecule is Cc1cc(CCNC(=O)COc2ccccc2)nn1C. The van der Waals surface area contributed by atoms with Crippen LogP contribution in [-0.4, -0.2) is 28.8 Å². The molecule has 0 aliphatic heterocycles. The molecule has 1 heterocycles. The van der Waals surface area contributed by atoms with Crippen molar-refractivity contribution < 1.29 is 9.53 Å². The molecule has 0 aliphatic rings. The van der Waals surface area contributed by atoms with Crippen LogP contribution in [0.15, 0.2) is 36.4 Å². The molecule has 5 heteroatoms. The summed E-state index contributed by atoms with van der Waals surface area (Å²) in [5, 5.41) is 7.15. The summed E-state index contributed by atoms with van der Waals surface area (Å²) in [6, 6.07) is 11.3. The standard InChI is InChI=1S/C15H19N3O2/c1-12-10-13(17-18(12)2)8-9-16-15(19)11-20-14-6-4-3-5-7-14/h3-7,10H,8-9,11H2,1-2H3,(H,16,19). The number of para-hydroxylation sites is 1. The molecule has 5 nitrogen and oxygen atoms in total. The predicted molar refractivity (Wildman–Crippen MR) is 76.6 cm³/mol. The summed E-state index contributed by atoms with van der Waals surface area (Å²) >= 11 is 0. The number of carbonyl (C=O) groups excluding carboxylic acids is 1. The van der Waals surface area contributed by atoms with Gasteiger partial charge in [0.25, 0.3) is 5.91 Å². The average molecular weight is 273 g/mol. The third-order valence-electron chi connectivity index (χ3n) is 2.98. The van der Waals surface area contributed by atoms with Crippen molar-refractivity contribution in [1.82, 2.24) is 15.1 Å². The van der Waals surface area contributed by atoms with Crippen LogP contribution in [0.25, 0.3) is 0 Å². The van der Waals surface area contributed by atoms with Gasteiger partial charge in [-0.3, -0.25) is 9.48 Å². The fraction of sp³-hybridized carbons (Fsp3) is 0.333. The Kier molecular flexibility index (Phi) is 4.76. The Morgan fingerprint density at radius 3 is 2.75 bits per heavy atom. The van der Waals surface area contributed by atoms with Gasteiger partial charge < -0.3 is 10.1 Å². The van der Waals surface area contributed by atoms with Crippen molar-refractivity contribution in [3.63, 3.8) is 0 Å². The topological polar surface area (TPSA) is 56.1 Å². The van der Waals surface area contributed by atoms with E-state index in [4.69, 9.17) is 4.74 Å². The second-order valence-electron chi connectivity index (χ2n) is 4.60. The molecule has 0 aliphatic carbocycles. The molecule has 2 rings (SSSR count). The fourth-order valence-electron chi connectivity index (χ4n) is 1.80. The second-order valence-corrected chi connectivity index (χ2v) is 4.60. The van der Waals surface area contributed by atoms with E-state index in [1.807, 2.05) is 55.1 Å². The van der Waals surface area contributed by atoms with Crippen molar-refractivity contribution in [2.24, 2.45) is 7.05 Å². The number of carbonyl (C=O) groups is 1. The van der Waals surface area contributed by atoms with E-state index in [2.05, 4.69) is 10.4 Å². The van der Waals surface area contributed by atoms with E-state index < -0.39 is 0 Å². The average Bonchev–Trinajstić information content (AvgIpc) is 2.76. The number of aryl methyl sites for hydroxylation is 2. The van der Waals surface area contributed by atoms with Crippen LogP contribution >= 0.6 is 0 Å². The third kappa shape index (κ3) is 4.12. The van der Waals surface area contributed by atoms with Crippen molar-refractivity contribution >= 4 is 5.91 Å². The molecule has 0 spiro atoms. The number of amides is 1. The molecule has 0 bridgehead atoms. The number of nitrogens with zero attached hydrogens (tertiary/aromatic N) is 2. The zero-order chi connectivity index (χ0) is 14.4. The molecule has 20 heavy (non-hydrogen) atoms. The summed E-state index contributed by atoms with van der Waals surface area (Å²) in [6.45, 7) is 2.60. The van der Waals surface area contributed by atoms with Gasteiger partial charge in [-0.15, -0.1) is 0 Å². The van der Waals surface area contributed by atoms with Gasteiger partial charge in [-0.25, -0.2) is 0 Å². The van der Waals surface area contributed by atoms with Crippen LogP contribution in [0.1, 0.15) is 11.4 Å². The van der Waals surface area contributed by atoms with Gasteiger partial charge in [-0.05, 0) is 25.1 Å². The Morgan fingerprint density at radius 2 is 2.10 bits per heavy atom. The maximum atomic E-state index is 11.6. The molecule has 0 atom stereocenters. The van der Waals surface area contributed by atoms with Gasteiger partial charge in [0.2, 0.25) is 0 Å². The Bertz CT molecular complexity index is 544.